The molecule has 1 saturated carbocycles. The van der Waals surface area contributed by atoms with Gasteiger partial charge in [-0.2, -0.15) is 0 Å². The molecule has 0 radical (unpaired) electrons. The van der Waals surface area contributed by atoms with Crippen LogP contribution in [0.1, 0.15) is 49.4 Å². The average molecular weight is 346 g/mol. The van der Waals surface area contributed by atoms with E-state index in [9.17, 15) is 13.6 Å². The number of amides is 1. The third-order valence-corrected chi connectivity index (χ3v) is 4.41. The SMILES string of the molecule is CC(NC(=O)c1c(F)cc(Br)cc1F)C1CCCCC1. The number of carbonyl (C=O) groups is 1. The van der Waals surface area contributed by atoms with Crippen LogP contribution in [0.2, 0.25) is 0 Å². The zero-order valence-electron chi connectivity index (χ0n) is 11.4. The molecular weight excluding hydrogens is 328 g/mol. The van der Waals surface area contributed by atoms with Crippen LogP contribution in [0.25, 0.3) is 0 Å². The lowest BCUT2D eigenvalue weighted by atomic mass is 9.84. The van der Waals surface area contributed by atoms with Gasteiger partial charge in [0.15, 0.2) is 0 Å². The molecule has 110 valence electrons. The van der Waals surface area contributed by atoms with Crippen LogP contribution < -0.4 is 5.32 Å². The largest absolute Gasteiger partial charge is 0.349 e. The van der Waals surface area contributed by atoms with Crippen LogP contribution in [0, 0.1) is 17.6 Å². The summed E-state index contributed by atoms with van der Waals surface area (Å²) in [5, 5.41) is 2.73. The molecule has 0 spiro atoms. The highest BCUT2D eigenvalue weighted by Gasteiger charge is 2.24. The van der Waals surface area contributed by atoms with Crippen molar-refractivity contribution < 1.29 is 13.6 Å². The molecule has 1 atom stereocenters. The molecule has 1 N–H and O–H groups in total. The van der Waals surface area contributed by atoms with Crippen molar-refractivity contribution in [2.24, 2.45) is 5.92 Å². The van der Waals surface area contributed by atoms with Gasteiger partial charge in [0.1, 0.15) is 17.2 Å². The first-order chi connectivity index (χ1) is 9.49. The van der Waals surface area contributed by atoms with E-state index in [1.165, 1.54) is 6.42 Å². The van der Waals surface area contributed by atoms with Gasteiger partial charge >= 0.3 is 0 Å². The van der Waals surface area contributed by atoms with Gasteiger partial charge in [-0.15, -0.1) is 0 Å². The van der Waals surface area contributed by atoms with Crippen LogP contribution in [0.15, 0.2) is 16.6 Å². The number of halogens is 3. The third-order valence-electron chi connectivity index (χ3n) is 3.95. The molecule has 20 heavy (non-hydrogen) atoms. The van der Waals surface area contributed by atoms with E-state index in [0.29, 0.717) is 5.92 Å². The Kier molecular flexibility index (Phi) is 5.13. The minimum atomic E-state index is -0.842. The first kappa shape index (κ1) is 15.4. The van der Waals surface area contributed by atoms with E-state index >= 15 is 0 Å². The Hall–Kier alpha value is -0.970. The van der Waals surface area contributed by atoms with Crippen LogP contribution in [0.5, 0.6) is 0 Å². The number of carbonyl (C=O) groups excluding carboxylic acids is 1. The predicted molar refractivity (Wildman–Crippen MR) is 77.6 cm³/mol. The Morgan fingerprint density at radius 2 is 1.80 bits per heavy atom. The molecule has 5 heteroatoms. The molecule has 1 aromatic rings. The van der Waals surface area contributed by atoms with Gasteiger partial charge in [0.2, 0.25) is 0 Å². The van der Waals surface area contributed by atoms with Gasteiger partial charge in [0, 0.05) is 10.5 Å². The molecule has 1 unspecified atom stereocenters. The summed E-state index contributed by atoms with van der Waals surface area (Å²) < 4.78 is 27.7. The maximum absolute atomic E-state index is 13.7. The fraction of sp³-hybridized carbons (Fsp3) is 0.533. The summed E-state index contributed by atoms with van der Waals surface area (Å²) in [5.41, 5.74) is -0.504. The maximum Gasteiger partial charge on any atom is 0.257 e. The summed E-state index contributed by atoms with van der Waals surface area (Å²) in [7, 11) is 0. The summed E-state index contributed by atoms with van der Waals surface area (Å²) >= 11 is 3.00. The Bertz CT molecular complexity index is 478. The smallest absolute Gasteiger partial charge is 0.257 e. The van der Waals surface area contributed by atoms with Gasteiger partial charge in [-0.25, -0.2) is 8.78 Å². The van der Waals surface area contributed by atoms with E-state index in [1.54, 1.807) is 0 Å². The molecule has 0 heterocycles. The van der Waals surface area contributed by atoms with Crippen molar-refractivity contribution in [2.75, 3.05) is 0 Å². The zero-order chi connectivity index (χ0) is 14.7. The number of benzene rings is 1. The monoisotopic (exact) mass is 345 g/mol. The molecule has 1 fully saturated rings. The lowest BCUT2D eigenvalue weighted by molar-refractivity contribution is 0.0910. The van der Waals surface area contributed by atoms with Gasteiger partial charge in [0.05, 0.1) is 0 Å². The summed E-state index contributed by atoms with van der Waals surface area (Å²) in [6, 6.07) is 2.14. The Labute approximate surface area is 126 Å². The molecular formula is C15H18BrF2NO. The molecule has 1 aliphatic carbocycles. The highest BCUT2D eigenvalue weighted by molar-refractivity contribution is 9.10. The topological polar surface area (TPSA) is 29.1 Å². The lowest BCUT2D eigenvalue weighted by Gasteiger charge is -2.28. The normalized spacial score (nSPS) is 17.8. The fourth-order valence-electron chi connectivity index (χ4n) is 2.79. The summed E-state index contributed by atoms with van der Waals surface area (Å²) in [6.45, 7) is 1.91. The van der Waals surface area contributed by atoms with Crippen molar-refractivity contribution >= 4 is 21.8 Å². The van der Waals surface area contributed by atoms with Gasteiger partial charge in [-0.3, -0.25) is 4.79 Å². The van der Waals surface area contributed by atoms with Crippen molar-refractivity contribution in [2.45, 2.75) is 45.1 Å². The van der Waals surface area contributed by atoms with E-state index in [1.807, 2.05) is 6.92 Å². The second kappa shape index (κ2) is 6.66. The molecule has 2 rings (SSSR count). The second-order valence-electron chi connectivity index (χ2n) is 5.40. The minimum Gasteiger partial charge on any atom is -0.349 e. The van der Waals surface area contributed by atoms with Gasteiger partial charge < -0.3 is 5.32 Å². The summed E-state index contributed by atoms with van der Waals surface area (Å²) in [5.74, 6) is -1.96. The highest BCUT2D eigenvalue weighted by Crippen LogP contribution is 2.27. The number of rotatable bonds is 3. The fourth-order valence-corrected chi connectivity index (χ4v) is 3.19. The van der Waals surface area contributed by atoms with Crippen molar-refractivity contribution in [1.82, 2.24) is 5.32 Å². The van der Waals surface area contributed by atoms with Crippen molar-refractivity contribution in [3.63, 3.8) is 0 Å². The molecule has 1 aliphatic rings. The minimum absolute atomic E-state index is 0.0646. The molecule has 2 nitrogen and oxygen atoms in total. The van der Waals surface area contributed by atoms with Crippen molar-refractivity contribution in [3.8, 4) is 0 Å². The van der Waals surface area contributed by atoms with Gasteiger partial charge in [-0.05, 0) is 37.8 Å². The molecule has 1 amide bonds. The Balaban J connectivity index is 2.08. The molecule has 0 aromatic heterocycles. The van der Waals surface area contributed by atoms with Crippen LogP contribution in [-0.2, 0) is 0 Å². The predicted octanol–water partition coefficient (Wildman–Crippen LogP) is 4.43. The average Bonchev–Trinajstić information content (AvgIpc) is 2.38. The molecule has 0 bridgehead atoms. The third kappa shape index (κ3) is 3.57. The first-order valence-electron chi connectivity index (χ1n) is 6.94. The quantitative estimate of drug-likeness (QED) is 0.862. The molecule has 1 aromatic carbocycles. The van der Waals surface area contributed by atoms with Crippen LogP contribution in [-0.4, -0.2) is 11.9 Å². The van der Waals surface area contributed by atoms with E-state index < -0.39 is 23.1 Å². The van der Waals surface area contributed by atoms with Crippen LogP contribution in [0.3, 0.4) is 0 Å². The lowest BCUT2D eigenvalue weighted by Crippen LogP contribution is -2.39. The van der Waals surface area contributed by atoms with Crippen molar-refractivity contribution in [1.29, 1.82) is 0 Å². The van der Waals surface area contributed by atoms with Gasteiger partial charge in [-0.1, -0.05) is 35.2 Å². The van der Waals surface area contributed by atoms with E-state index in [4.69, 9.17) is 0 Å². The summed E-state index contributed by atoms with van der Waals surface area (Å²) in [4.78, 5) is 12.0. The van der Waals surface area contributed by atoms with E-state index in [0.717, 1.165) is 37.8 Å². The first-order valence-corrected chi connectivity index (χ1v) is 7.73. The highest BCUT2D eigenvalue weighted by atomic mass is 79.9. The Morgan fingerprint density at radius 3 is 2.35 bits per heavy atom. The summed E-state index contributed by atoms with van der Waals surface area (Å²) in [6.07, 6.45) is 5.67. The standard InChI is InChI=1S/C15H18BrF2NO/c1-9(10-5-3-2-4-6-10)19-15(20)14-12(17)7-11(16)8-13(14)18/h7-10H,2-6H2,1H3,(H,19,20). The number of nitrogens with one attached hydrogen (secondary N) is 1. The van der Waals surface area contributed by atoms with E-state index in [2.05, 4.69) is 21.2 Å². The van der Waals surface area contributed by atoms with Crippen molar-refractivity contribution in [3.05, 3.63) is 33.8 Å². The Morgan fingerprint density at radius 1 is 1.25 bits per heavy atom. The maximum atomic E-state index is 13.7. The molecule has 0 aliphatic heterocycles. The number of hydrogen-bond acceptors (Lipinski definition) is 1. The number of hydrogen-bond donors (Lipinski definition) is 1. The van der Waals surface area contributed by atoms with Crippen LogP contribution >= 0.6 is 15.9 Å². The van der Waals surface area contributed by atoms with Crippen LogP contribution in [0.4, 0.5) is 8.78 Å². The van der Waals surface area contributed by atoms with Gasteiger partial charge in [0.25, 0.3) is 5.91 Å². The zero-order valence-corrected chi connectivity index (χ0v) is 13.0. The molecule has 0 saturated heterocycles. The second-order valence-corrected chi connectivity index (χ2v) is 6.32. The van der Waals surface area contributed by atoms with E-state index in [-0.39, 0.29) is 10.5 Å².